The maximum absolute atomic E-state index is 12.5. The van der Waals surface area contributed by atoms with E-state index < -0.39 is 0 Å². The van der Waals surface area contributed by atoms with Crippen molar-refractivity contribution in [3.63, 3.8) is 0 Å². The second-order valence-electron chi connectivity index (χ2n) is 7.96. The second kappa shape index (κ2) is 13.3. The van der Waals surface area contributed by atoms with Gasteiger partial charge in [0.1, 0.15) is 0 Å². The van der Waals surface area contributed by atoms with Gasteiger partial charge in [0.2, 0.25) is 5.91 Å². The Hall–Kier alpha value is -2.29. The molecule has 0 aromatic heterocycles. The van der Waals surface area contributed by atoms with E-state index in [9.17, 15) is 9.59 Å². The maximum atomic E-state index is 12.5. The number of hydrogen-bond acceptors (Lipinski definition) is 6. The van der Waals surface area contributed by atoms with Crippen LogP contribution in [0.1, 0.15) is 20.3 Å². The molecule has 0 bridgehead atoms. The zero-order chi connectivity index (χ0) is 23.5. The van der Waals surface area contributed by atoms with Crippen LogP contribution in [0.4, 0.5) is 11.4 Å². The van der Waals surface area contributed by atoms with Crippen molar-refractivity contribution in [1.82, 2.24) is 14.7 Å². The Morgan fingerprint density at radius 2 is 1.81 bits per heavy atom. The standard InChI is InChI=1S/C24H37N5O2S/c1-6-29(7-2)24(31)22(32-5)18-19(3)25-20-8-10-21(11-9-20)26-23(30)12-13-28-16-14-27(4)15-17-28/h6,8-11,18-19,25H,1,7,12-17H2,2-5H3,(H,26,30). The number of hydrogen-bond donors (Lipinski definition) is 2. The molecular weight excluding hydrogens is 422 g/mol. The number of thioether (sulfide) groups is 1. The van der Waals surface area contributed by atoms with Crippen molar-refractivity contribution in [2.75, 3.05) is 63.2 Å². The Balaban J connectivity index is 1.84. The van der Waals surface area contributed by atoms with Gasteiger partial charge in [-0.05, 0) is 63.7 Å². The summed E-state index contributed by atoms with van der Waals surface area (Å²) < 4.78 is 0. The number of carbonyl (C=O) groups excluding carboxylic acids is 2. The summed E-state index contributed by atoms with van der Waals surface area (Å²) >= 11 is 1.43. The SMILES string of the molecule is C=CN(CC)C(=O)C(=CC(C)Nc1ccc(NC(=O)CCN2CCN(C)CC2)cc1)SC. The van der Waals surface area contributed by atoms with Crippen molar-refractivity contribution < 1.29 is 9.59 Å². The van der Waals surface area contributed by atoms with E-state index in [1.165, 1.54) is 11.8 Å². The van der Waals surface area contributed by atoms with Crippen molar-refractivity contribution in [3.8, 4) is 0 Å². The molecule has 0 spiro atoms. The number of carbonyl (C=O) groups is 2. The molecule has 1 saturated heterocycles. The molecule has 1 fully saturated rings. The third-order valence-electron chi connectivity index (χ3n) is 5.47. The lowest BCUT2D eigenvalue weighted by Crippen LogP contribution is -2.45. The molecule has 1 aromatic rings. The lowest BCUT2D eigenvalue weighted by atomic mass is 10.2. The van der Waals surface area contributed by atoms with Gasteiger partial charge in [-0.3, -0.25) is 9.59 Å². The largest absolute Gasteiger partial charge is 0.379 e. The fourth-order valence-corrected chi connectivity index (χ4v) is 4.09. The van der Waals surface area contributed by atoms with Crippen LogP contribution in [0, 0.1) is 0 Å². The molecule has 32 heavy (non-hydrogen) atoms. The first-order valence-electron chi connectivity index (χ1n) is 11.1. The van der Waals surface area contributed by atoms with E-state index in [0.29, 0.717) is 17.9 Å². The molecule has 0 radical (unpaired) electrons. The number of nitrogens with zero attached hydrogens (tertiary/aromatic N) is 3. The number of anilines is 2. The first kappa shape index (κ1) is 26.0. The van der Waals surface area contributed by atoms with Crippen LogP contribution < -0.4 is 10.6 Å². The van der Waals surface area contributed by atoms with Crippen molar-refractivity contribution >= 4 is 35.0 Å². The summed E-state index contributed by atoms with van der Waals surface area (Å²) in [6, 6.07) is 7.62. The van der Waals surface area contributed by atoms with E-state index >= 15 is 0 Å². The number of nitrogens with one attached hydrogen (secondary N) is 2. The molecule has 1 atom stereocenters. The number of amides is 2. The van der Waals surface area contributed by atoms with E-state index in [0.717, 1.165) is 44.1 Å². The minimum atomic E-state index is -0.0433. The van der Waals surface area contributed by atoms with Gasteiger partial charge in [-0.25, -0.2) is 0 Å². The highest BCUT2D eigenvalue weighted by atomic mass is 32.2. The Kier molecular flexibility index (Phi) is 10.8. The summed E-state index contributed by atoms with van der Waals surface area (Å²) in [5.41, 5.74) is 1.71. The summed E-state index contributed by atoms with van der Waals surface area (Å²) in [6.45, 7) is 13.2. The zero-order valence-corrected chi connectivity index (χ0v) is 20.6. The van der Waals surface area contributed by atoms with E-state index in [-0.39, 0.29) is 17.9 Å². The predicted molar refractivity (Wildman–Crippen MR) is 136 cm³/mol. The van der Waals surface area contributed by atoms with Crippen LogP contribution in [0.25, 0.3) is 0 Å². The minimum Gasteiger partial charge on any atom is -0.379 e. The monoisotopic (exact) mass is 459 g/mol. The Bertz CT molecular complexity index is 788. The highest BCUT2D eigenvalue weighted by Gasteiger charge is 2.16. The molecule has 0 saturated carbocycles. The zero-order valence-electron chi connectivity index (χ0n) is 19.8. The highest BCUT2D eigenvalue weighted by Crippen LogP contribution is 2.19. The fraction of sp³-hybridized carbons (Fsp3) is 0.500. The van der Waals surface area contributed by atoms with E-state index in [1.807, 2.05) is 50.4 Å². The van der Waals surface area contributed by atoms with Crippen molar-refractivity contribution in [3.05, 3.63) is 48.0 Å². The van der Waals surface area contributed by atoms with Gasteiger partial charge in [0.15, 0.2) is 0 Å². The average Bonchev–Trinajstić information content (AvgIpc) is 2.79. The molecule has 0 aliphatic carbocycles. The van der Waals surface area contributed by atoms with E-state index in [4.69, 9.17) is 0 Å². The number of rotatable bonds is 11. The van der Waals surface area contributed by atoms with Crippen molar-refractivity contribution in [2.24, 2.45) is 0 Å². The molecule has 176 valence electrons. The Morgan fingerprint density at radius 1 is 1.19 bits per heavy atom. The minimum absolute atomic E-state index is 0.0334. The molecule has 7 nitrogen and oxygen atoms in total. The van der Waals surface area contributed by atoms with Crippen LogP contribution in [0.2, 0.25) is 0 Å². The molecular formula is C24H37N5O2S. The first-order chi connectivity index (χ1) is 15.4. The third kappa shape index (κ3) is 8.33. The quantitative estimate of drug-likeness (QED) is 0.495. The molecule has 2 N–H and O–H groups in total. The number of piperazine rings is 1. The predicted octanol–water partition coefficient (Wildman–Crippen LogP) is 3.30. The smallest absolute Gasteiger partial charge is 0.263 e. The van der Waals surface area contributed by atoms with Gasteiger partial charge in [0.05, 0.1) is 4.91 Å². The number of benzene rings is 1. The van der Waals surface area contributed by atoms with Gasteiger partial charge in [0.25, 0.3) is 5.91 Å². The molecule has 1 heterocycles. The average molecular weight is 460 g/mol. The Labute approximate surface area is 196 Å². The van der Waals surface area contributed by atoms with Crippen LogP contribution in [0.3, 0.4) is 0 Å². The van der Waals surface area contributed by atoms with Gasteiger partial charge in [-0.2, -0.15) is 0 Å². The van der Waals surface area contributed by atoms with Crippen LogP contribution >= 0.6 is 11.8 Å². The molecule has 2 amide bonds. The summed E-state index contributed by atoms with van der Waals surface area (Å²) in [6.07, 6.45) is 5.88. The van der Waals surface area contributed by atoms with Crippen LogP contribution in [0.5, 0.6) is 0 Å². The normalized spacial score (nSPS) is 16.3. The summed E-state index contributed by atoms with van der Waals surface area (Å²) in [5.74, 6) is -0.00922. The first-order valence-corrected chi connectivity index (χ1v) is 12.4. The Morgan fingerprint density at radius 3 is 2.38 bits per heavy atom. The number of likely N-dealkylation sites (N-methyl/N-ethyl adjacent to an activating group) is 2. The summed E-state index contributed by atoms with van der Waals surface area (Å²) in [4.78, 5) is 31.7. The third-order valence-corrected chi connectivity index (χ3v) is 6.22. The lowest BCUT2D eigenvalue weighted by molar-refractivity contribution is -0.123. The van der Waals surface area contributed by atoms with Crippen LogP contribution in [0.15, 0.2) is 48.0 Å². The van der Waals surface area contributed by atoms with Gasteiger partial charge >= 0.3 is 0 Å². The van der Waals surface area contributed by atoms with E-state index in [2.05, 4.69) is 34.1 Å². The molecule has 8 heteroatoms. The van der Waals surface area contributed by atoms with E-state index in [1.54, 1.807) is 11.1 Å². The topological polar surface area (TPSA) is 67.9 Å². The molecule has 1 aliphatic heterocycles. The van der Waals surface area contributed by atoms with Gasteiger partial charge in [-0.1, -0.05) is 6.58 Å². The summed E-state index contributed by atoms with van der Waals surface area (Å²) in [5, 5.41) is 6.35. The molecule has 1 aliphatic rings. The van der Waals surface area contributed by atoms with Gasteiger partial charge in [0, 0.05) is 63.1 Å². The van der Waals surface area contributed by atoms with Crippen molar-refractivity contribution in [1.29, 1.82) is 0 Å². The summed E-state index contributed by atoms with van der Waals surface area (Å²) in [7, 11) is 2.13. The fourth-order valence-electron chi connectivity index (χ4n) is 3.46. The van der Waals surface area contributed by atoms with Crippen LogP contribution in [-0.2, 0) is 9.59 Å². The lowest BCUT2D eigenvalue weighted by Gasteiger charge is -2.32. The van der Waals surface area contributed by atoms with Crippen LogP contribution in [-0.4, -0.2) is 85.1 Å². The molecule has 2 rings (SSSR count). The maximum Gasteiger partial charge on any atom is 0.263 e. The highest BCUT2D eigenvalue weighted by molar-refractivity contribution is 8.03. The molecule has 1 aromatic carbocycles. The van der Waals surface area contributed by atoms with Crippen molar-refractivity contribution in [2.45, 2.75) is 26.3 Å². The second-order valence-corrected chi connectivity index (χ2v) is 8.81. The van der Waals surface area contributed by atoms with Gasteiger partial charge in [-0.15, -0.1) is 11.8 Å². The molecule has 1 unspecified atom stereocenters. The van der Waals surface area contributed by atoms with Gasteiger partial charge < -0.3 is 25.3 Å².